The highest BCUT2D eigenvalue weighted by molar-refractivity contribution is 8.02. The van der Waals surface area contributed by atoms with Gasteiger partial charge in [0.15, 0.2) is 0 Å². The molecular weight excluding hydrogens is 522 g/mol. The predicted octanol–water partition coefficient (Wildman–Crippen LogP) is 4.52. The van der Waals surface area contributed by atoms with Gasteiger partial charge in [0.1, 0.15) is 6.04 Å². The zero-order chi connectivity index (χ0) is 28.1. The highest BCUT2D eigenvalue weighted by Crippen LogP contribution is 2.72. The van der Waals surface area contributed by atoms with E-state index in [1.807, 2.05) is 79.7 Å². The van der Waals surface area contributed by atoms with Gasteiger partial charge in [0.25, 0.3) is 0 Å². The molecule has 3 aliphatic rings. The van der Waals surface area contributed by atoms with Crippen LogP contribution in [-0.2, 0) is 14.4 Å². The molecular formula is C32H35N3O4S. The molecule has 3 amide bonds. The summed E-state index contributed by atoms with van der Waals surface area (Å²) in [6.07, 6.45) is 2.20. The summed E-state index contributed by atoms with van der Waals surface area (Å²) >= 11 is 1.64. The maximum Gasteiger partial charge on any atom is 0.248 e. The molecule has 3 fully saturated rings. The van der Waals surface area contributed by atoms with Crippen LogP contribution in [0, 0.1) is 11.8 Å². The number of aliphatic hydroxyl groups is 1. The summed E-state index contributed by atoms with van der Waals surface area (Å²) in [6, 6.07) is 21.5. The first-order chi connectivity index (χ1) is 19.3. The van der Waals surface area contributed by atoms with Gasteiger partial charge in [0.05, 0.1) is 29.2 Å². The van der Waals surface area contributed by atoms with Crippen LogP contribution in [0.5, 0.6) is 0 Å². The summed E-state index contributed by atoms with van der Waals surface area (Å²) in [5.41, 5.74) is 1.41. The lowest BCUT2D eigenvalue weighted by Crippen LogP contribution is -2.53. The number of nitrogens with zero attached hydrogens (tertiary/aromatic N) is 1. The SMILES string of the molecule is CCCNC(=O)[C@H]1[C@H]2C(=O)N([C@H](CO)c3ccccc3)C(C(=O)Nc3ccc4ccccc4c3)C23CC[C@]1(C)S3. The van der Waals surface area contributed by atoms with E-state index < -0.39 is 33.4 Å². The number of likely N-dealkylation sites (tertiary alicyclic amines) is 1. The Morgan fingerprint density at radius 2 is 1.75 bits per heavy atom. The number of anilines is 1. The van der Waals surface area contributed by atoms with E-state index in [1.54, 1.807) is 16.7 Å². The number of carbonyl (C=O) groups is 3. The van der Waals surface area contributed by atoms with Crippen molar-refractivity contribution in [1.29, 1.82) is 0 Å². The first-order valence-corrected chi connectivity index (χ1v) is 14.9. The van der Waals surface area contributed by atoms with E-state index in [-0.39, 0.29) is 24.3 Å². The van der Waals surface area contributed by atoms with Gasteiger partial charge < -0.3 is 20.6 Å². The van der Waals surface area contributed by atoms with E-state index in [0.717, 1.165) is 29.2 Å². The first-order valence-electron chi connectivity index (χ1n) is 14.1. The van der Waals surface area contributed by atoms with Crippen molar-refractivity contribution in [2.24, 2.45) is 11.8 Å². The number of benzene rings is 3. The van der Waals surface area contributed by atoms with Gasteiger partial charge in [-0.15, -0.1) is 11.8 Å². The van der Waals surface area contributed by atoms with Crippen molar-refractivity contribution in [3.05, 3.63) is 78.4 Å². The standard InChI is InChI=1S/C32H35N3O4S/c1-3-17-33-28(37)25-26-30(39)35(24(19-36)21-10-5-4-6-11-21)27(32(26)16-15-31(25,2)40-32)29(38)34-23-14-13-20-9-7-8-12-22(20)18-23/h4-14,18,24-27,36H,3,15-17,19H2,1-2H3,(H,33,37)(H,34,38)/t24-,25-,26+,27?,31+,32?/m1/s1. The van der Waals surface area contributed by atoms with Crippen LogP contribution < -0.4 is 10.6 Å². The molecule has 3 aliphatic heterocycles. The third-order valence-corrected chi connectivity index (χ3v) is 11.0. The average molecular weight is 558 g/mol. The van der Waals surface area contributed by atoms with Crippen LogP contribution in [0.15, 0.2) is 72.8 Å². The number of aliphatic hydroxyl groups excluding tert-OH is 1. The summed E-state index contributed by atoms with van der Waals surface area (Å²) in [6.45, 7) is 4.29. The fraction of sp³-hybridized carbons (Fsp3) is 0.406. The van der Waals surface area contributed by atoms with Gasteiger partial charge in [-0.1, -0.05) is 67.6 Å². The number of nitrogens with one attached hydrogen (secondary N) is 2. The van der Waals surface area contributed by atoms with E-state index in [4.69, 9.17) is 0 Å². The summed E-state index contributed by atoms with van der Waals surface area (Å²) in [5.74, 6) is -1.81. The van der Waals surface area contributed by atoms with Crippen molar-refractivity contribution in [1.82, 2.24) is 10.2 Å². The van der Waals surface area contributed by atoms with E-state index in [2.05, 4.69) is 17.6 Å². The van der Waals surface area contributed by atoms with Gasteiger partial charge >= 0.3 is 0 Å². The molecule has 40 heavy (non-hydrogen) atoms. The molecule has 3 aromatic carbocycles. The number of hydrogen-bond acceptors (Lipinski definition) is 5. The van der Waals surface area contributed by atoms with Crippen molar-refractivity contribution in [3.8, 4) is 0 Å². The number of carbonyl (C=O) groups excluding carboxylic acids is 3. The Bertz CT molecular complexity index is 1460. The molecule has 1 spiro atoms. The van der Waals surface area contributed by atoms with E-state index in [1.165, 1.54) is 0 Å². The zero-order valence-corrected chi connectivity index (χ0v) is 23.6. The number of hydrogen-bond donors (Lipinski definition) is 3. The van der Waals surface area contributed by atoms with E-state index >= 15 is 0 Å². The van der Waals surface area contributed by atoms with Gasteiger partial charge in [0.2, 0.25) is 17.7 Å². The molecule has 3 N–H and O–H groups in total. The van der Waals surface area contributed by atoms with Gasteiger partial charge in [-0.2, -0.15) is 0 Å². The van der Waals surface area contributed by atoms with Gasteiger partial charge in [-0.05, 0) is 54.7 Å². The fourth-order valence-electron chi connectivity index (χ4n) is 7.27. The molecule has 3 aromatic rings. The molecule has 8 heteroatoms. The molecule has 0 aromatic heterocycles. The third-order valence-electron chi connectivity index (χ3n) is 9.00. The minimum Gasteiger partial charge on any atom is -0.394 e. The molecule has 0 radical (unpaired) electrons. The first kappa shape index (κ1) is 26.8. The van der Waals surface area contributed by atoms with Crippen LogP contribution in [0.3, 0.4) is 0 Å². The molecule has 3 saturated heterocycles. The van der Waals surface area contributed by atoms with Crippen LogP contribution in [-0.4, -0.2) is 56.4 Å². The molecule has 2 bridgehead atoms. The Labute approximate surface area is 238 Å². The summed E-state index contributed by atoms with van der Waals surface area (Å²) < 4.78 is -1.20. The zero-order valence-electron chi connectivity index (χ0n) is 22.8. The van der Waals surface area contributed by atoms with Crippen molar-refractivity contribution in [2.45, 2.75) is 54.7 Å². The number of amides is 3. The molecule has 3 heterocycles. The van der Waals surface area contributed by atoms with E-state index in [9.17, 15) is 19.5 Å². The summed E-state index contributed by atoms with van der Waals surface area (Å²) in [7, 11) is 0. The Kier molecular flexibility index (Phi) is 6.87. The summed E-state index contributed by atoms with van der Waals surface area (Å²) in [4.78, 5) is 43.9. The Balaban J connectivity index is 1.43. The molecule has 0 aliphatic carbocycles. The maximum absolute atomic E-state index is 14.5. The molecule has 2 unspecified atom stereocenters. The number of thioether (sulfide) groups is 1. The lowest BCUT2D eigenvalue weighted by Gasteiger charge is -2.37. The third kappa shape index (κ3) is 4.11. The highest BCUT2D eigenvalue weighted by atomic mass is 32.2. The maximum atomic E-state index is 14.5. The summed E-state index contributed by atoms with van der Waals surface area (Å²) in [5, 5.41) is 18.8. The van der Waals surface area contributed by atoms with Crippen LogP contribution >= 0.6 is 11.8 Å². The molecule has 0 saturated carbocycles. The smallest absolute Gasteiger partial charge is 0.248 e. The Morgan fingerprint density at radius 1 is 1.02 bits per heavy atom. The minimum atomic E-state index is -0.843. The average Bonchev–Trinajstić information content (AvgIpc) is 3.53. The molecule has 208 valence electrons. The van der Waals surface area contributed by atoms with Crippen molar-refractivity contribution in [3.63, 3.8) is 0 Å². The minimum absolute atomic E-state index is 0.118. The normalized spacial score (nSPS) is 29.4. The van der Waals surface area contributed by atoms with Crippen LogP contribution in [0.2, 0.25) is 0 Å². The van der Waals surface area contributed by atoms with Crippen molar-refractivity contribution in [2.75, 3.05) is 18.5 Å². The largest absolute Gasteiger partial charge is 0.394 e. The Morgan fingerprint density at radius 3 is 2.48 bits per heavy atom. The number of fused-ring (bicyclic) bond motifs is 2. The predicted molar refractivity (Wildman–Crippen MR) is 158 cm³/mol. The van der Waals surface area contributed by atoms with Gasteiger partial charge in [-0.3, -0.25) is 14.4 Å². The second kappa shape index (κ2) is 10.2. The fourth-order valence-corrected chi connectivity index (χ4v) is 9.61. The molecule has 7 nitrogen and oxygen atoms in total. The lowest BCUT2D eigenvalue weighted by atomic mass is 9.66. The lowest BCUT2D eigenvalue weighted by molar-refractivity contribution is -0.142. The second-order valence-corrected chi connectivity index (χ2v) is 13.3. The van der Waals surface area contributed by atoms with Crippen LogP contribution in [0.4, 0.5) is 5.69 Å². The molecule has 6 rings (SSSR count). The van der Waals surface area contributed by atoms with Crippen molar-refractivity contribution < 1.29 is 19.5 Å². The quantitative estimate of drug-likeness (QED) is 0.378. The highest BCUT2D eigenvalue weighted by Gasteiger charge is 2.77. The van der Waals surface area contributed by atoms with E-state index in [0.29, 0.717) is 18.7 Å². The molecule has 6 atom stereocenters. The second-order valence-electron chi connectivity index (χ2n) is 11.4. The van der Waals surface area contributed by atoms with Gasteiger partial charge in [-0.25, -0.2) is 0 Å². The number of rotatable bonds is 8. The van der Waals surface area contributed by atoms with Crippen molar-refractivity contribution >= 4 is 45.9 Å². The topological polar surface area (TPSA) is 98.7 Å². The Hall–Kier alpha value is -3.36. The van der Waals surface area contributed by atoms with Crippen LogP contribution in [0.25, 0.3) is 10.8 Å². The monoisotopic (exact) mass is 557 g/mol. The van der Waals surface area contributed by atoms with Crippen LogP contribution in [0.1, 0.15) is 44.7 Å². The van der Waals surface area contributed by atoms with Gasteiger partial charge in [0, 0.05) is 17.0 Å².